The molecule has 2 fully saturated rings. The smallest absolute Gasteiger partial charge is 0.308 e. The summed E-state index contributed by atoms with van der Waals surface area (Å²) in [5.41, 5.74) is 0. The van der Waals surface area contributed by atoms with Crippen molar-refractivity contribution in [2.75, 3.05) is 19.6 Å². The Morgan fingerprint density at radius 1 is 1.25 bits per heavy atom. The van der Waals surface area contributed by atoms with Crippen molar-refractivity contribution >= 4 is 11.9 Å². The maximum atomic E-state index is 12.0. The van der Waals surface area contributed by atoms with Crippen LogP contribution in [0.5, 0.6) is 0 Å². The fraction of sp³-hybridized carbons (Fsp3) is 0.818. The molecule has 2 heterocycles. The van der Waals surface area contributed by atoms with Crippen molar-refractivity contribution in [3.63, 3.8) is 0 Å². The van der Waals surface area contributed by atoms with Crippen molar-refractivity contribution in [1.29, 1.82) is 0 Å². The van der Waals surface area contributed by atoms with Gasteiger partial charge in [-0.3, -0.25) is 9.59 Å². The summed E-state index contributed by atoms with van der Waals surface area (Å²) in [6, 6.07) is -0.0763. The summed E-state index contributed by atoms with van der Waals surface area (Å²) in [5.74, 6) is -1.07. The molecule has 1 amide bonds. The molecule has 5 nitrogen and oxygen atoms in total. The van der Waals surface area contributed by atoms with Gasteiger partial charge in [-0.1, -0.05) is 0 Å². The number of hydrogen-bond donors (Lipinski definition) is 2. The molecule has 2 aliphatic rings. The van der Waals surface area contributed by atoms with Gasteiger partial charge in [-0.15, -0.1) is 0 Å². The van der Waals surface area contributed by atoms with Gasteiger partial charge >= 0.3 is 5.97 Å². The van der Waals surface area contributed by atoms with E-state index in [0.717, 1.165) is 25.8 Å². The van der Waals surface area contributed by atoms with Gasteiger partial charge in [0.15, 0.2) is 0 Å². The summed E-state index contributed by atoms with van der Waals surface area (Å²) < 4.78 is 0. The van der Waals surface area contributed by atoms with E-state index in [1.807, 2.05) is 0 Å². The predicted molar refractivity (Wildman–Crippen MR) is 58.0 cm³/mol. The van der Waals surface area contributed by atoms with Gasteiger partial charge in [-0.25, -0.2) is 0 Å². The first-order valence-electron chi connectivity index (χ1n) is 5.93. The number of hydrogen-bond acceptors (Lipinski definition) is 3. The number of amides is 1. The first kappa shape index (κ1) is 11.4. The summed E-state index contributed by atoms with van der Waals surface area (Å²) in [6.45, 7) is 1.99. The van der Waals surface area contributed by atoms with E-state index in [0.29, 0.717) is 19.5 Å². The Kier molecular flexibility index (Phi) is 3.43. The van der Waals surface area contributed by atoms with Crippen LogP contribution in [0.4, 0.5) is 0 Å². The van der Waals surface area contributed by atoms with Crippen molar-refractivity contribution in [2.24, 2.45) is 5.92 Å². The molecule has 2 atom stereocenters. The van der Waals surface area contributed by atoms with Gasteiger partial charge in [0.1, 0.15) is 0 Å². The van der Waals surface area contributed by atoms with E-state index in [2.05, 4.69) is 5.32 Å². The Hall–Kier alpha value is -1.10. The zero-order chi connectivity index (χ0) is 11.5. The summed E-state index contributed by atoms with van der Waals surface area (Å²) in [4.78, 5) is 24.6. The predicted octanol–water partition coefficient (Wildman–Crippen LogP) is 0.0616. The molecule has 0 aromatic heterocycles. The SMILES string of the molecule is O=C(O)[C@@H]1CCCN(C(=O)[C@@H]2CCCN2)C1. The van der Waals surface area contributed by atoms with Crippen LogP contribution in [0.25, 0.3) is 0 Å². The van der Waals surface area contributed by atoms with Crippen molar-refractivity contribution in [2.45, 2.75) is 31.7 Å². The Bertz CT molecular complexity index is 287. The minimum Gasteiger partial charge on any atom is -0.481 e. The van der Waals surface area contributed by atoms with Crippen LogP contribution in [0.3, 0.4) is 0 Å². The van der Waals surface area contributed by atoms with E-state index in [-0.39, 0.29) is 17.9 Å². The normalized spacial score (nSPS) is 30.4. The average Bonchev–Trinajstić information content (AvgIpc) is 2.81. The van der Waals surface area contributed by atoms with Crippen molar-refractivity contribution in [3.05, 3.63) is 0 Å². The van der Waals surface area contributed by atoms with E-state index in [4.69, 9.17) is 5.11 Å². The Labute approximate surface area is 94.8 Å². The van der Waals surface area contributed by atoms with Gasteiger partial charge in [0.05, 0.1) is 12.0 Å². The second kappa shape index (κ2) is 4.82. The van der Waals surface area contributed by atoms with E-state index in [1.54, 1.807) is 4.90 Å². The molecule has 0 aromatic carbocycles. The van der Waals surface area contributed by atoms with E-state index in [9.17, 15) is 9.59 Å². The third kappa shape index (κ3) is 2.35. The van der Waals surface area contributed by atoms with Crippen LogP contribution in [-0.2, 0) is 9.59 Å². The van der Waals surface area contributed by atoms with E-state index < -0.39 is 5.97 Å². The molecule has 0 radical (unpaired) electrons. The lowest BCUT2D eigenvalue weighted by Gasteiger charge is -2.32. The highest BCUT2D eigenvalue weighted by atomic mass is 16.4. The quantitative estimate of drug-likeness (QED) is 0.698. The van der Waals surface area contributed by atoms with E-state index >= 15 is 0 Å². The largest absolute Gasteiger partial charge is 0.481 e. The molecule has 0 unspecified atom stereocenters. The molecule has 90 valence electrons. The molecule has 0 aromatic rings. The topological polar surface area (TPSA) is 69.6 Å². The zero-order valence-corrected chi connectivity index (χ0v) is 9.32. The highest BCUT2D eigenvalue weighted by molar-refractivity contribution is 5.83. The van der Waals surface area contributed by atoms with E-state index in [1.165, 1.54) is 0 Å². The molecule has 2 saturated heterocycles. The monoisotopic (exact) mass is 226 g/mol. The Balaban J connectivity index is 1.93. The number of likely N-dealkylation sites (tertiary alicyclic amines) is 1. The summed E-state index contributed by atoms with van der Waals surface area (Å²) in [7, 11) is 0. The van der Waals surface area contributed by atoms with Gasteiger partial charge in [-0.05, 0) is 32.2 Å². The molecular formula is C11H18N2O3. The van der Waals surface area contributed by atoms with Gasteiger partial charge in [-0.2, -0.15) is 0 Å². The molecule has 16 heavy (non-hydrogen) atoms. The number of nitrogens with one attached hydrogen (secondary N) is 1. The van der Waals surface area contributed by atoms with Gasteiger partial charge in [0, 0.05) is 13.1 Å². The maximum absolute atomic E-state index is 12.0. The molecular weight excluding hydrogens is 208 g/mol. The standard InChI is InChI=1S/C11H18N2O3/c14-10(9-4-1-5-12-9)13-6-2-3-8(7-13)11(15)16/h8-9,12H,1-7H2,(H,15,16)/t8-,9+/m1/s1. The third-order valence-electron chi connectivity index (χ3n) is 3.44. The molecule has 0 bridgehead atoms. The molecule has 0 spiro atoms. The van der Waals surface area contributed by atoms with Crippen LogP contribution < -0.4 is 5.32 Å². The highest BCUT2D eigenvalue weighted by Gasteiger charge is 2.32. The molecule has 0 saturated carbocycles. The van der Waals surface area contributed by atoms with Crippen molar-refractivity contribution < 1.29 is 14.7 Å². The zero-order valence-electron chi connectivity index (χ0n) is 9.32. The molecule has 0 aliphatic carbocycles. The molecule has 2 N–H and O–H groups in total. The van der Waals surface area contributed by atoms with Crippen molar-refractivity contribution in [1.82, 2.24) is 10.2 Å². The van der Waals surface area contributed by atoms with Gasteiger partial charge in [0.25, 0.3) is 0 Å². The lowest BCUT2D eigenvalue weighted by Crippen LogP contribution is -2.49. The van der Waals surface area contributed by atoms with Crippen LogP contribution in [0.15, 0.2) is 0 Å². The minimum atomic E-state index is -0.781. The van der Waals surface area contributed by atoms with Crippen LogP contribution in [0.2, 0.25) is 0 Å². The molecule has 2 aliphatic heterocycles. The Morgan fingerprint density at radius 3 is 2.69 bits per heavy atom. The van der Waals surface area contributed by atoms with Crippen LogP contribution in [-0.4, -0.2) is 47.6 Å². The molecule has 2 rings (SSSR count). The summed E-state index contributed by atoms with van der Waals surface area (Å²) >= 11 is 0. The van der Waals surface area contributed by atoms with Gasteiger partial charge in [0.2, 0.25) is 5.91 Å². The van der Waals surface area contributed by atoms with Crippen LogP contribution >= 0.6 is 0 Å². The number of carboxylic acid groups (broad SMARTS) is 1. The lowest BCUT2D eigenvalue weighted by molar-refractivity contribution is -0.146. The molecule has 5 heteroatoms. The lowest BCUT2D eigenvalue weighted by atomic mass is 9.97. The average molecular weight is 226 g/mol. The number of rotatable bonds is 2. The number of carboxylic acids is 1. The number of aliphatic carboxylic acids is 1. The first-order valence-corrected chi connectivity index (χ1v) is 5.93. The summed E-state index contributed by atoms with van der Waals surface area (Å²) in [5, 5.41) is 12.1. The number of carbonyl (C=O) groups is 2. The minimum absolute atomic E-state index is 0.0763. The van der Waals surface area contributed by atoms with Gasteiger partial charge < -0.3 is 15.3 Å². The highest BCUT2D eigenvalue weighted by Crippen LogP contribution is 2.19. The second-order valence-corrected chi connectivity index (χ2v) is 4.61. The number of piperidine rings is 1. The second-order valence-electron chi connectivity index (χ2n) is 4.61. The number of nitrogens with zero attached hydrogens (tertiary/aromatic N) is 1. The number of carbonyl (C=O) groups excluding carboxylic acids is 1. The van der Waals surface area contributed by atoms with Crippen LogP contribution in [0.1, 0.15) is 25.7 Å². The Morgan fingerprint density at radius 2 is 2.06 bits per heavy atom. The van der Waals surface area contributed by atoms with Crippen LogP contribution in [0, 0.1) is 5.92 Å². The fourth-order valence-corrected chi connectivity index (χ4v) is 2.49. The fourth-order valence-electron chi connectivity index (χ4n) is 2.49. The van der Waals surface area contributed by atoms with Crippen molar-refractivity contribution in [3.8, 4) is 0 Å². The first-order chi connectivity index (χ1) is 7.68. The summed E-state index contributed by atoms with van der Waals surface area (Å²) in [6.07, 6.45) is 3.41. The maximum Gasteiger partial charge on any atom is 0.308 e. The third-order valence-corrected chi connectivity index (χ3v) is 3.44.